The maximum absolute atomic E-state index is 15.9. The average Bonchev–Trinajstić information content (AvgIpc) is 1.57. The van der Waals surface area contributed by atoms with Crippen molar-refractivity contribution in [3.63, 3.8) is 0 Å². The third kappa shape index (κ3) is 17.0. The quantitative estimate of drug-likeness (QED) is 0.0331. The predicted octanol–water partition coefficient (Wildman–Crippen LogP) is 3.55. The number of aryl methyl sites for hydroxylation is 1. The third-order valence-corrected chi connectivity index (χ3v) is 17.5. The van der Waals surface area contributed by atoms with Crippen LogP contribution in [0.2, 0.25) is 0 Å². The SMILES string of the molecule is COC(=O)CNC(=O)CNC(=O)Cn1nc(C)c2c(-c3cc4c(cnn4CC4CCN(CC(=O)NCCOCCOCCOCCC(=O)N5CCC(c6ccc(Nc7nc(N8CCC[C@@H](N9CCN(C)C9=O)C8)cnc7C(N)=O)cc6)CC5)CC4)cc3F)cccc21. The lowest BCUT2D eigenvalue weighted by atomic mass is 9.89. The summed E-state index contributed by atoms with van der Waals surface area (Å²) in [6.07, 6.45) is 8.75. The number of nitrogens with one attached hydrogen (secondary N) is 4. The van der Waals surface area contributed by atoms with Gasteiger partial charge in [0.15, 0.2) is 11.5 Å². The number of nitrogens with two attached hydrogens (primary N) is 1. The maximum Gasteiger partial charge on any atom is 0.325 e. The molecule has 1 atom stereocenters. The number of esters is 1. The zero-order valence-corrected chi connectivity index (χ0v) is 52.5. The number of nitrogens with zero attached hydrogens (tertiary/aromatic N) is 11. The zero-order valence-electron chi connectivity index (χ0n) is 52.5. The number of hydrogen-bond acceptors (Lipinski definition) is 18. The Morgan fingerprint density at radius 2 is 1.47 bits per heavy atom. The molecule has 4 aliphatic heterocycles. The molecule has 0 saturated carbocycles. The van der Waals surface area contributed by atoms with Gasteiger partial charge in [-0.05, 0) is 112 Å². The summed E-state index contributed by atoms with van der Waals surface area (Å²) in [6.45, 7) is 9.96. The van der Waals surface area contributed by atoms with Crippen LogP contribution in [0, 0.1) is 18.7 Å². The summed E-state index contributed by atoms with van der Waals surface area (Å²) in [6, 6.07) is 16.9. The highest BCUT2D eigenvalue weighted by molar-refractivity contribution is 6.00. The Labute approximate surface area is 532 Å². The first-order valence-electron chi connectivity index (χ1n) is 31.6. The summed E-state index contributed by atoms with van der Waals surface area (Å²) in [5.74, 6) is -1.27. The van der Waals surface area contributed by atoms with E-state index in [-0.39, 0.29) is 61.6 Å². The Balaban J connectivity index is 0.559. The molecule has 0 bridgehead atoms. The highest BCUT2D eigenvalue weighted by Crippen LogP contribution is 2.36. The van der Waals surface area contributed by atoms with Gasteiger partial charge in [0.05, 0.1) is 101 Å². The topological polar surface area (TPSA) is 308 Å². The number of methoxy groups -OCH3 is 1. The molecule has 0 aliphatic carbocycles. The number of amides is 7. The molecule has 4 saturated heterocycles. The van der Waals surface area contributed by atoms with Crippen LogP contribution in [0.25, 0.3) is 32.9 Å². The summed E-state index contributed by atoms with van der Waals surface area (Å²) in [7, 11) is 3.03. The second-order valence-corrected chi connectivity index (χ2v) is 23.8. The van der Waals surface area contributed by atoms with Gasteiger partial charge in [0.1, 0.15) is 24.7 Å². The molecule has 6 aromatic rings. The van der Waals surface area contributed by atoms with Crippen LogP contribution in [-0.2, 0) is 56.0 Å². The summed E-state index contributed by atoms with van der Waals surface area (Å²) in [5.41, 5.74) is 10.7. The van der Waals surface area contributed by atoms with Crippen LogP contribution < -0.4 is 31.9 Å². The number of ether oxygens (including phenoxy) is 4. The van der Waals surface area contributed by atoms with Crippen molar-refractivity contribution in [3.05, 3.63) is 89.8 Å². The van der Waals surface area contributed by atoms with E-state index in [1.54, 1.807) is 36.4 Å². The number of aromatic nitrogens is 6. The number of likely N-dealkylation sites (N-methyl/N-ethyl adjacent to an activating group) is 1. The van der Waals surface area contributed by atoms with Gasteiger partial charge in [0.2, 0.25) is 23.6 Å². The molecule has 7 amide bonds. The molecule has 92 heavy (non-hydrogen) atoms. The highest BCUT2D eigenvalue weighted by atomic mass is 19.1. The van der Waals surface area contributed by atoms with Crippen molar-refractivity contribution >= 4 is 80.7 Å². The van der Waals surface area contributed by atoms with E-state index in [9.17, 15) is 33.6 Å². The van der Waals surface area contributed by atoms with Crippen molar-refractivity contribution in [1.82, 2.24) is 65.1 Å². The number of carbonyl (C=O) groups is 7. The van der Waals surface area contributed by atoms with Crippen LogP contribution in [0.1, 0.15) is 72.6 Å². The first-order valence-corrected chi connectivity index (χ1v) is 31.6. The van der Waals surface area contributed by atoms with Crippen LogP contribution in [0.4, 0.5) is 26.5 Å². The summed E-state index contributed by atoms with van der Waals surface area (Å²) >= 11 is 0. The predicted molar refractivity (Wildman–Crippen MR) is 339 cm³/mol. The Morgan fingerprint density at radius 1 is 0.739 bits per heavy atom. The molecule has 27 nitrogen and oxygen atoms in total. The minimum absolute atomic E-state index is 0.0446. The summed E-state index contributed by atoms with van der Waals surface area (Å²) in [4.78, 5) is 106. The van der Waals surface area contributed by atoms with Gasteiger partial charge in [0, 0.05) is 81.4 Å². The second-order valence-electron chi connectivity index (χ2n) is 23.8. The Hall–Kier alpha value is -8.86. The van der Waals surface area contributed by atoms with Crippen LogP contribution in [-0.4, -0.2) is 229 Å². The minimum atomic E-state index is -0.686. The Morgan fingerprint density at radius 3 is 2.20 bits per heavy atom. The molecule has 0 unspecified atom stereocenters. The molecule has 7 heterocycles. The zero-order chi connectivity index (χ0) is 64.7. The molecule has 0 radical (unpaired) electrons. The number of urea groups is 1. The van der Waals surface area contributed by atoms with Crippen molar-refractivity contribution in [2.45, 2.75) is 76.9 Å². The van der Waals surface area contributed by atoms with E-state index in [1.165, 1.54) is 23.4 Å². The van der Waals surface area contributed by atoms with E-state index < -0.39 is 29.5 Å². The van der Waals surface area contributed by atoms with Crippen LogP contribution >= 0.6 is 0 Å². The molecule has 4 fully saturated rings. The van der Waals surface area contributed by atoms with Crippen molar-refractivity contribution < 1.29 is 56.9 Å². The minimum Gasteiger partial charge on any atom is -0.468 e. The lowest BCUT2D eigenvalue weighted by Gasteiger charge is -2.37. The lowest BCUT2D eigenvalue weighted by molar-refractivity contribution is -0.141. The fraction of sp³-hybridized carbons (Fsp3) is 0.516. The first-order chi connectivity index (χ1) is 44.6. The number of halogens is 1. The number of primary amides is 1. The molecular weight excluding hydrogens is 1190 g/mol. The average molecular weight is 1270 g/mol. The Kier molecular flexibility index (Phi) is 22.6. The molecule has 0 spiro atoms. The molecule has 10 rings (SSSR count). The van der Waals surface area contributed by atoms with Gasteiger partial charge >= 0.3 is 12.0 Å². The van der Waals surface area contributed by atoms with E-state index in [1.807, 2.05) is 45.8 Å². The number of benzene rings is 3. The number of piperidine rings is 3. The first kappa shape index (κ1) is 66.1. The van der Waals surface area contributed by atoms with Gasteiger partial charge in [-0.25, -0.2) is 19.2 Å². The molecule has 3 aromatic carbocycles. The van der Waals surface area contributed by atoms with Crippen LogP contribution in [0.5, 0.6) is 0 Å². The van der Waals surface area contributed by atoms with Crippen molar-refractivity contribution in [2.75, 3.05) is 143 Å². The van der Waals surface area contributed by atoms with Crippen LogP contribution in [0.15, 0.2) is 67.0 Å². The standard InChI is InChI=1S/C64H83FN16O11/c1-42-60-49(7-4-8-52(60)81(74-42)41-57(84)68-36-55(82)69-37-59(86)89-3)50-33-53-46(32-51(50)65)34-71-80(53)38-43-13-20-76(21-14-43)40-56(83)67-18-27-91-29-31-92-30-28-90-26-17-58(85)77-22-15-45(16-23-77)44-9-11-47(12-10-44)72-63-61(62(66)87)70-35-54(73-63)78-19-5-6-48(39-78)79-25-24-75(2)64(79)88/h4,7-12,32-35,43,45,48H,5-6,13-31,36-41H2,1-3H3,(H2,66,87)(H,67,83)(H,68,84)(H,69,82)(H,72,73)/t48-/m1/s1. The third-order valence-electron chi connectivity index (χ3n) is 17.5. The number of carbonyl (C=O) groups excluding carboxylic acids is 7. The maximum atomic E-state index is 15.9. The number of hydrogen-bond donors (Lipinski definition) is 5. The molecule has 492 valence electrons. The highest BCUT2D eigenvalue weighted by Gasteiger charge is 2.35. The van der Waals surface area contributed by atoms with Gasteiger partial charge in [-0.2, -0.15) is 10.2 Å². The number of rotatable bonds is 29. The molecule has 28 heteroatoms. The van der Waals surface area contributed by atoms with Crippen molar-refractivity contribution in [1.29, 1.82) is 0 Å². The molecule has 4 aliphatic rings. The van der Waals surface area contributed by atoms with Crippen molar-refractivity contribution in [3.8, 4) is 11.1 Å². The normalized spacial score (nSPS) is 16.8. The van der Waals surface area contributed by atoms with E-state index >= 15 is 4.39 Å². The monoisotopic (exact) mass is 1270 g/mol. The molecule has 6 N–H and O–H groups in total. The summed E-state index contributed by atoms with van der Waals surface area (Å²) < 4.78 is 40.9. The lowest BCUT2D eigenvalue weighted by Crippen LogP contribution is -2.49. The fourth-order valence-electron chi connectivity index (χ4n) is 12.5. The van der Waals surface area contributed by atoms with Gasteiger partial charge in [0.25, 0.3) is 5.91 Å². The van der Waals surface area contributed by atoms with Gasteiger partial charge < -0.3 is 65.5 Å². The number of fused-ring (bicyclic) bond motifs is 2. The van der Waals surface area contributed by atoms with Crippen molar-refractivity contribution in [2.24, 2.45) is 11.7 Å². The van der Waals surface area contributed by atoms with E-state index in [2.05, 4.69) is 63.1 Å². The van der Waals surface area contributed by atoms with Gasteiger partial charge in [-0.3, -0.25) is 43.0 Å². The molecular formula is C64H83FN16O11. The van der Waals surface area contributed by atoms with Gasteiger partial charge in [-0.1, -0.05) is 24.3 Å². The molecule has 3 aromatic heterocycles. The van der Waals surface area contributed by atoms with E-state index in [4.69, 9.17) is 24.9 Å². The van der Waals surface area contributed by atoms with Crippen LogP contribution in [0.3, 0.4) is 0 Å². The van der Waals surface area contributed by atoms with E-state index in [0.29, 0.717) is 143 Å². The smallest absolute Gasteiger partial charge is 0.325 e. The Bertz CT molecular complexity index is 3590. The van der Waals surface area contributed by atoms with Gasteiger partial charge in [-0.15, -0.1) is 0 Å². The number of anilines is 3. The largest absolute Gasteiger partial charge is 0.468 e. The second kappa shape index (κ2) is 31.4. The van der Waals surface area contributed by atoms with E-state index in [0.717, 1.165) is 69.4 Å². The fourth-order valence-corrected chi connectivity index (χ4v) is 12.5. The number of likely N-dealkylation sites (tertiary alicyclic amines) is 2. The summed E-state index contributed by atoms with van der Waals surface area (Å²) in [5, 5.41) is 21.7.